The lowest BCUT2D eigenvalue weighted by atomic mass is 10.2. The molecule has 0 bridgehead atoms. The number of aromatic carboxylic acids is 1. The van der Waals surface area contributed by atoms with Crippen molar-refractivity contribution in [2.24, 2.45) is 0 Å². The Hall–Kier alpha value is -2.78. The second kappa shape index (κ2) is 5.78. The minimum Gasteiger partial charge on any atom is -0.478 e. The number of aromatic amines is 2. The van der Waals surface area contributed by atoms with E-state index in [0.29, 0.717) is 17.2 Å². The predicted molar refractivity (Wildman–Crippen MR) is 84.6 cm³/mol. The van der Waals surface area contributed by atoms with Crippen LogP contribution in [0.15, 0.2) is 35.1 Å². The molecule has 0 radical (unpaired) electrons. The van der Waals surface area contributed by atoms with Gasteiger partial charge in [-0.2, -0.15) is 10.2 Å². The van der Waals surface area contributed by atoms with Crippen LogP contribution in [0.3, 0.4) is 0 Å². The Balaban J connectivity index is 2.22. The molecule has 0 spiro atoms. The number of halogens is 1. The summed E-state index contributed by atoms with van der Waals surface area (Å²) in [4.78, 5) is 22.3. The van der Waals surface area contributed by atoms with Crippen molar-refractivity contribution in [2.45, 2.75) is 0 Å². The van der Waals surface area contributed by atoms with Gasteiger partial charge in [-0.1, -0.05) is 11.6 Å². The van der Waals surface area contributed by atoms with Gasteiger partial charge in [-0.05, 0) is 36.5 Å². The van der Waals surface area contributed by atoms with E-state index in [1.165, 1.54) is 28.8 Å². The summed E-state index contributed by atoms with van der Waals surface area (Å²) in [5.41, 5.74) is 0.402. The van der Waals surface area contributed by atoms with Crippen molar-refractivity contribution in [2.75, 3.05) is 0 Å². The van der Waals surface area contributed by atoms with Gasteiger partial charge in [-0.3, -0.25) is 14.5 Å². The zero-order valence-electron chi connectivity index (χ0n) is 11.3. The van der Waals surface area contributed by atoms with Crippen LogP contribution in [0, 0.1) is 4.77 Å². The summed E-state index contributed by atoms with van der Waals surface area (Å²) in [6.07, 6.45) is 0. The van der Waals surface area contributed by atoms with Gasteiger partial charge < -0.3 is 5.11 Å². The van der Waals surface area contributed by atoms with E-state index in [9.17, 15) is 14.7 Å². The molecule has 0 aliphatic carbocycles. The van der Waals surface area contributed by atoms with Crippen LogP contribution >= 0.6 is 23.8 Å². The van der Waals surface area contributed by atoms with Gasteiger partial charge in [0, 0.05) is 6.07 Å². The Kier molecular flexibility index (Phi) is 3.80. The molecule has 0 saturated heterocycles. The van der Waals surface area contributed by atoms with Crippen LogP contribution in [-0.2, 0) is 0 Å². The number of carboxylic acids is 1. The van der Waals surface area contributed by atoms with Crippen molar-refractivity contribution in [3.8, 4) is 17.2 Å². The lowest BCUT2D eigenvalue weighted by molar-refractivity contribution is 0.0697. The highest BCUT2D eigenvalue weighted by Gasteiger charge is 2.15. The van der Waals surface area contributed by atoms with Gasteiger partial charge in [-0.25, -0.2) is 9.89 Å². The lowest BCUT2D eigenvalue weighted by Gasteiger charge is -2.08. The molecule has 3 N–H and O–H groups in total. The molecule has 1 aromatic carbocycles. The van der Waals surface area contributed by atoms with Crippen LogP contribution in [0.4, 0.5) is 0 Å². The first-order valence-corrected chi connectivity index (χ1v) is 7.03. The maximum Gasteiger partial charge on any atom is 0.337 e. The first-order valence-electron chi connectivity index (χ1n) is 6.24. The number of benzene rings is 1. The van der Waals surface area contributed by atoms with E-state index in [4.69, 9.17) is 23.8 Å². The summed E-state index contributed by atoms with van der Waals surface area (Å²) in [6.45, 7) is 0. The van der Waals surface area contributed by atoms with Crippen molar-refractivity contribution in [3.05, 3.63) is 56.0 Å². The van der Waals surface area contributed by atoms with Crippen LogP contribution in [-0.4, -0.2) is 36.0 Å². The SMILES string of the molecule is O=C(O)c1cc(-n2c(-c3ccc(=O)[nH]n3)n[nH]c2=S)ccc1Cl. The first kappa shape index (κ1) is 15.1. The second-order valence-corrected chi connectivity index (χ2v) is 5.26. The van der Waals surface area contributed by atoms with E-state index in [1.807, 2.05) is 0 Å². The van der Waals surface area contributed by atoms with Crippen LogP contribution in [0.5, 0.6) is 0 Å². The molecule has 8 nitrogen and oxygen atoms in total. The molecule has 2 heterocycles. The molecular weight excluding hydrogens is 342 g/mol. The molecule has 23 heavy (non-hydrogen) atoms. The largest absolute Gasteiger partial charge is 0.478 e. The summed E-state index contributed by atoms with van der Waals surface area (Å²) in [5, 5.41) is 22.2. The molecule has 3 aromatic rings. The molecule has 0 fully saturated rings. The van der Waals surface area contributed by atoms with Crippen molar-refractivity contribution in [1.82, 2.24) is 25.0 Å². The lowest BCUT2D eigenvalue weighted by Crippen LogP contribution is -2.08. The number of nitrogens with one attached hydrogen (secondary N) is 2. The van der Waals surface area contributed by atoms with E-state index >= 15 is 0 Å². The molecule has 0 aliphatic rings. The fourth-order valence-corrected chi connectivity index (χ4v) is 2.43. The van der Waals surface area contributed by atoms with Crippen molar-refractivity contribution in [1.29, 1.82) is 0 Å². The maximum absolute atomic E-state index is 11.2. The fraction of sp³-hybridized carbons (Fsp3) is 0. The number of aromatic nitrogens is 5. The van der Waals surface area contributed by atoms with Gasteiger partial charge in [0.2, 0.25) is 0 Å². The van der Waals surface area contributed by atoms with Crippen LogP contribution in [0.2, 0.25) is 5.02 Å². The van der Waals surface area contributed by atoms with Gasteiger partial charge in [-0.15, -0.1) is 0 Å². The molecule has 0 aliphatic heterocycles. The molecule has 2 aromatic heterocycles. The van der Waals surface area contributed by atoms with Crippen LogP contribution in [0.1, 0.15) is 10.4 Å². The molecule has 3 rings (SSSR count). The fourth-order valence-electron chi connectivity index (χ4n) is 1.99. The number of nitrogens with zero attached hydrogens (tertiary/aromatic N) is 3. The predicted octanol–water partition coefficient (Wildman–Crippen LogP) is 2.03. The number of carbonyl (C=O) groups is 1. The number of carboxylic acid groups (broad SMARTS) is 1. The van der Waals surface area contributed by atoms with Gasteiger partial charge in [0.05, 0.1) is 16.3 Å². The number of hydrogen-bond donors (Lipinski definition) is 3. The van der Waals surface area contributed by atoms with E-state index in [-0.39, 0.29) is 20.9 Å². The summed E-state index contributed by atoms with van der Waals surface area (Å²) >= 11 is 11.1. The summed E-state index contributed by atoms with van der Waals surface area (Å²) in [7, 11) is 0. The molecule has 0 unspecified atom stereocenters. The maximum atomic E-state index is 11.2. The minimum absolute atomic E-state index is 0.0624. The van der Waals surface area contributed by atoms with Crippen molar-refractivity contribution in [3.63, 3.8) is 0 Å². The smallest absolute Gasteiger partial charge is 0.337 e. The topological polar surface area (TPSA) is 117 Å². The quantitative estimate of drug-likeness (QED) is 0.623. The number of hydrogen-bond acceptors (Lipinski definition) is 5. The average Bonchev–Trinajstić information content (AvgIpc) is 2.90. The Bertz CT molecular complexity index is 1000. The summed E-state index contributed by atoms with van der Waals surface area (Å²) < 4.78 is 1.74. The Morgan fingerprint density at radius 2 is 2.00 bits per heavy atom. The van der Waals surface area contributed by atoms with E-state index < -0.39 is 5.97 Å². The normalized spacial score (nSPS) is 10.7. The third kappa shape index (κ3) is 2.79. The van der Waals surface area contributed by atoms with Gasteiger partial charge in [0.15, 0.2) is 10.6 Å². The molecular formula is C13H8ClN5O3S. The molecule has 10 heteroatoms. The number of rotatable bonds is 3. The van der Waals surface area contributed by atoms with E-state index in [0.717, 1.165) is 0 Å². The molecule has 0 atom stereocenters. The monoisotopic (exact) mass is 349 g/mol. The highest BCUT2D eigenvalue weighted by atomic mass is 35.5. The first-order chi connectivity index (χ1) is 11.0. The van der Waals surface area contributed by atoms with E-state index in [2.05, 4.69) is 20.4 Å². The Labute approximate surface area is 138 Å². The number of H-pyrrole nitrogens is 2. The van der Waals surface area contributed by atoms with Crippen LogP contribution < -0.4 is 5.56 Å². The molecule has 0 saturated carbocycles. The van der Waals surface area contributed by atoms with Gasteiger partial charge in [0.1, 0.15) is 5.69 Å². The second-order valence-electron chi connectivity index (χ2n) is 4.46. The zero-order chi connectivity index (χ0) is 16.6. The summed E-state index contributed by atoms with van der Waals surface area (Å²) in [6, 6.07) is 7.23. The third-order valence-corrected chi connectivity index (χ3v) is 3.62. The zero-order valence-corrected chi connectivity index (χ0v) is 12.9. The third-order valence-electron chi connectivity index (χ3n) is 3.02. The van der Waals surface area contributed by atoms with Crippen LogP contribution in [0.25, 0.3) is 17.2 Å². The summed E-state index contributed by atoms with van der Waals surface area (Å²) in [5.74, 6) is -0.833. The standard InChI is InChI=1S/C13H8ClN5O3S/c14-8-2-1-6(5-7(8)12(21)22)19-11(17-18-13(19)23)9-3-4-10(20)16-15-9/h1-5H,(H,16,20)(H,18,23)(H,21,22). The van der Waals surface area contributed by atoms with Crippen molar-refractivity contribution < 1.29 is 9.90 Å². The minimum atomic E-state index is -1.16. The van der Waals surface area contributed by atoms with Gasteiger partial charge in [0.25, 0.3) is 5.56 Å². The Morgan fingerprint density at radius 3 is 2.65 bits per heavy atom. The van der Waals surface area contributed by atoms with Crippen molar-refractivity contribution >= 4 is 29.8 Å². The molecule has 116 valence electrons. The van der Waals surface area contributed by atoms with Gasteiger partial charge >= 0.3 is 5.97 Å². The molecule has 0 amide bonds. The average molecular weight is 350 g/mol. The van der Waals surface area contributed by atoms with E-state index in [1.54, 1.807) is 6.07 Å². The highest BCUT2D eigenvalue weighted by Crippen LogP contribution is 2.23. The highest BCUT2D eigenvalue weighted by molar-refractivity contribution is 7.71. The Morgan fingerprint density at radius 1 is 1.22 bits per heavy atom.